The van der Waals surface area contributed by atoms with E-state index < -0.39 is 0 Å². The first-order valence-corrected chi connectivity index (χ1v) is 45.4. The Balaban J connectivity index is 0.000000106. The van der Waals surface area contributed by atoms with E-state index in [0.29, 0.717) is 5.82 Å². The number of nitrogens with zero attached hydrogens (tertiary/aromatic N) is 9. The van der Waals surface area contributed by atoms with E-state index in [1.165, 1.54) is 181 Å². The van der Waals surface area contributed by atoms with Crippen LogP contribution in [-0.2, 0) is 0 Å². The summed E-state index contributed by atoms with van der Waals surface area (Å²) >= 11 is 0. The van der Waals surface area contributed by atoms with Gasteiger partial charge in [-0.1, -0.05) is 303 Å². The van der Waals surface area contributed by atoms with E-state index >= 15 is 0 Å². The van der Waals surface area contributed by atoms with Crippen LogP contribution in [0.2, 0.25) is 0 Å². The SMILES string of the molecule is c1ccc(-c2cc(-c3ccccc3)nc(-c3ccc(-n4c5ccccc5c5ccccc54)cc3)n2)cc1.c1ccc(-c2cccc(-n3c4ccccc4c4cc(-n5c6ccccc6c6cc(-n7c8ccccc8c8ccccc87)ccc65)ccc43)c2)cc1.c1ccc(-n2c3ccccc3c3cc(-n4c5ccccc5c5cc(-n6c7ccccc7c7ccccc76)ccc54)ccc32)cc1. The minimum atomic E-state index is 0.717. The standard InChI is InChI=1S/C48H31N3.C42H27N3.C34H23N3/c1-2-13-32(14-3-1)33-15-12-16-34(29-33)49-45-23-10-6-19-39(45)41-31-36(26-27-47(41)49)51-46-24-11-7-20-40(46)42-30-35(25-28-48(42)51)50-43-21-8-4-17-37(43)38-18-5-9-22-44(38)50;1-2-12-28(13-3-1)43-39-20-10-6-16-33(39)35-27-30(22-24-41(35)43)45-40-21-11-7-17-34(40)36-26-29(23-25-42(36)45)44-37-18-8-4-14-31(37)32-15-5-9-19-38(32)44;1-3-11-24(12-4-1)30-23-31(25-13-5-2-6-14-25)36-34(35-30)26-19-21-27(22-20-26)37-32-17-9-7-15-28(32)29-16-8-10-18-33(29)37/h1-31H;1-27H;1-23H. The van der Waals surface area contributed by atoms with Crippen LogP contribution >= 0.6 is 0 Å². The molecule has 0 aliphatic heterocycles. The molecule has 0 fully saturated rings. The predicted molar refractivity (Wildman–Crippen MR) is 557 cm³/mol. The molecule has 0 unspecified atom stereocenters. The van der Waals surface area contributed by atoms with Crippen LogP contribution in [0, 0.1) is 0 Å². The van der Waals surface area contributed by atoms with Gasteiger partial charge < -0.3 is 32.0 Å². The fourth-order valence-corrected chi connectivity index (χ4v) is 21.0. The molecule has 0 spiro atoms. The van der Waals surface area contributed by atoms with Gasteiger partial charge in [0.15, 0.2) is 5.82 Å². The van der Waals surface area contributed by atoms with E-state index in [9.17, 15) is 0 Å². The van der Waals surface area contributed by atoms with Gasteiger partial charge in [-0.25, -0.2) is 9.97 Å². The monoisotopic (exact) mass is 1700 g/mol. The average Bonchev–Trinajstić information content (AvgIpc) is 1.57. The fourth-order valence-electron chi connectivity index (χ4n) is 21.0. The lowest BCUT2D eigenvalue weighted by Gasteiger charge is -2.12. The lowest BCUT2D eigenvalue weighted by molar-refractivity contribution is 1.16. The van der Waals surface area contributed by atoms with Crippen molar-refractivity contribution < 1.29 is 0 Å². The summed E-state index contributed by atoms with van der Waals surface area (Å²) in [7, 11) is 0. The Bertz CT molecular complexity index is 9230. The van der Waals surface area contributed by atoms with E-state index in [4.69, 9.17) is 9.97 Å². The van der Waals surface area contributed by atoms with Crippen LogP contribution in [-0.4, -0.2) is 41.9 Å². The first-order chi connectivity index (χ1) is 66.0. The molecule has 0 saturated heterocycles. The molecule has 133 heavy (non-hydrogen) atoms. The van der Waals surface area contributed by atoms with Crippen molar-refractivity contribution in [3.05, 3.63) is 491 Å². The lowest BCUT2D eigenvalue weighted by atomic mass is 10.1. The Morgan fingerprint density at radius 3 is 0.594 bits per heavy atom. The van der Waals surface area contributed by atoms with Crippen LogP contribution in [0.4, 0.5) is 0 Å². The second kappa shape index (κ2) is 31.5. The van der Waals surface area contributed by atoms with Crippen molar-refractivity contribution >= 4 is 153 Å². The normalized spacial score (nSPS) is 11.8. The maximum absolute atomic E-state index is 4.97. The Labute approximate surface area is 765 Å². The Hall–Kier alpha value is -17.9. The smallest absolute Gasteiger partial charge is 0.160 e. The number of hydrogen-bond acceptors (Lipinski definition) is 2. The number of hydrogen-bond donors (Lipinski definition) is 0. The first kappa shape index (κ1) is 76.3. The zero-order chi connectivity index (χ0) is 87.6. The van der Waals surface area contributed by atoms with Gasteiger partial charge in [-0.2, -0.15) is 0 Å². The van der Waals surface area contributed by atoms with Crippen molar-refractivity contribution in [3.8, 4) is 84.8 Å². The van der Waals surface area contributed by atoms with Gasteiger partial charge in [0.25, 0.3) is 0 Å². The van der Waals surface area contributed by atoms with E-state index in [-0.39, 0.29) is 0 Å². The lowest BCUT2D eigenvalue weighted by Crippen LogP contribution is -1.97. The topological polar surface area (TPSA) is 60.3 Å². The molecular formula is C124H81N9. The van der Waals surface area contributed by atoms with Gasteiger partial charge in [-0.15, -0.1) is 0 Å². The first-order valence-electron chi connectivity index (χ1n) is 45.4. The highest BCUT2D eigenvalue weighted by Gasteiger charge is 2.24. The van der Waals surface area contributed by atoms with E-state index in [0.717, 1.165) is 50.8 Å². The van der Waals surface area contributed by atoms with Gasteiger partial charge in [0.1, 0.15) is 0 Å². The van der Waals surface area contributed by atoms with Crippen LogP contribution in [0.5, 0.6) is 0 Å². The third-order valence-electron chi connectivity index (χ3n) is 26.9. The summed E-state index contributed by atoms with van der Waals surface area (Å²) < 4.78 is 16.8. The second-order valence-corrected chi connectivity index (χ2v) is 34.3. The Kier molecular flexibility index (Phi) is 18.1. The van der Waals surface area contributed by atoms with Crippen LogP contribution in [0.15, 0.2) is 491 Å². The number of aromatic nitrogens is 9. The molecular weight excluding hydrogens is 1620 g/mol. The molecule has 28 aromatic rings. The molecule has 0 aliphatic rings. The predicted octanol–water partition coefficient (Wildman–Crippen LogP) is 32.2. The maximum Gasteiger partial charge on any atom is 0.160 e. The van der Waals surface area contributed by atoms with Crippen molar-refractivity contribution in [2.24, 2.45) is 0 Å². The van der Waals surface area contributed by atoms with Crippen molar-refractivity contribution in [3.63, 3.8) is 0 Å². The van der Waals surface area contributed by atoms with Crippen LogP contribution < -0.4 is 0 Å². The highest BCUT2D eigenvalue weighted by Crippen LogP contribution is 2.45. The van der Waals surface area contributed by atoms with Gasteiger partial charge in [0, 0.05) is 132 Å². The molecule has 9 heteroatoms. The highest BCUT2D eigenvalue weighted by atomic mass is 15.0. The van der Waals surface area contributed by atoms with Crippen LogP contribution in [0.3, 0.4) is 0 Å². The molecule has 0 atom stereocenters. The molecule has 0 aliphatic carbocycles. The number of fused-ring (bicyclic) bond motifs is 21. The quantitative estimate of drug-likeness (QED) is 0.130. The van der Waals surface area contributed by atoms with Crippen LogP contribution in [0.1, 0.15) is 0 Å². The minimum Gasteiger partial charge on any atom is -0.309 e. The Morgan fingerprint density at radius 2 is 0.308 bits per heavy atom. The van der Waals surface area contributed by atoms with Gasteiger partial charge in [-0.05, 0) is 199 Å². The fraction of sp³-hybridized carbons (Fsp3) is 0. The van der Waals surface area contributed by atoms with Gasteiger partial charge >= 0.3 is 0 Å². The zero-order valence-corrected chi connectivity index (χ0v) is 72.3. The third-order valence-corrected chi connectivity index (χ3v) is 26.9. The van der Waals surface area contributed by atoms with Gasteiger partial charge in [0.05, 0.1) is 88.6 Å². The van der Waals surface area contributed by atoms with Gasteiger partial charge in [-0.3, -0.25) is 0 Å². The Morgan fingerprint density at radius 1 is 0.113 bits per heavy atom. The molecule has 8 heterocycles. The third kappa shape index (κ3) is 12.7. The molecule has 20 aromatic carbocycles. The molecule has 8 aromatic heterocycles. The van der Waals surface area contributed by atoms with E-state index in [1.807, 2.05) is 36.4 Å². The largest absolute Gasteiger partial charge is 0.309 e. The summed E-state index contributed by atoms with van der Waals surface area (Å²) in [5.74, 6) is 0.717. The van der Waals surface area contributed by atoms with Gasteiger partial charge in [0.2, 0.25) is 0 Å². The number of para-hydroxylation sites is 11. The minimum absolute atomic E-state index is 0.717. The molecule has 0 saturated carbocycles. The zero-order valence-electron chi connectivity index (χ0n) is 72.3. The molecule has 28 rings (SSSR count). The van der Waals surface area contributed by atoms with E-state index in [1.54, 1.807) is 0 Å². The van der Waals surface area contributed by atoms with Crippen molar-refractivity contribution in [2.45, 2.75) is 0 Å². The van der Waals surface area contributed by atoms with Crippen molar-refractivity contribution in [2.75, 3.05) is 0 Å². The molecule has 0 radical (unpaired) electrons. The summed E-state index contributed by atoms with van der Waals surface area (Å²) in [4.78, 5) is 9.95. The van der Waals surface area contributed by atoms with E-state index in [2.05, 4.69) is 487 Å². The molecule has 0 amide bonds. The van der Waals surface area contributed by atoms with Crippen molar-refractivity contribution in [1.82, 2.24) is 41.9 Å². The number of rotatable bonds is 11. The summed E-state index contributed by atoms with van der Waals surface area (Å²) in [5.41, 5.74) is 32.4. The van der Waals surface area contributed by atoms with Crippen molar-refractivity contribution in [1.29, 1.82) is 0 Å². The number of benzene rings is 20. The molecule has 0 bridgehead atoms. The van der Waals surface area contributed by atoms with Crippen LogP contribution in [0.25, 0.3) is 237 Å². The summed E-state index contributed by atoms with van der Waals surface area (Å²) in [6.07, 6.45) is 0. The maximum atomic E-state index is 4.97. The highest BCUT2D eigenvalue weighted by molar-refractivity contribution is 6.17. The summed E-state index contributed by atoms with van der Waals surface area (Å²) in [5, 5.41) is 17.6. The summed E-state index contributed by atoms with van der Waals surface area (Å²) in [6, 6.07) is 176. The average molecular weight is 1700 g/mol. The summed E-state index contributed by atoms with van der Waals surface area (Å²) in [6.45, 7) is 0. The molecule has 0 N–H and O–H groups in total. The second-order valence-electron chi connectivity index (χ2n) is 34.3. The molecule has 622 valence electrons. The molecule has 9 nitrogen and oxygen atoms in total.